The number of halogens is 1. The third kappa shape index (κ3) is 2.73. The zero-order valence-corrected chi connectivity index (χ0v) is 13.2. The lowest BCUT2D eigenvalue weighted by atomic mass is 10.2. The first kappa shape index (κ1) is 14.3. The van der Waals surface area contributed by atoms with E-state index in [1.165, 1.54) is 12.1 Å². The molecule has 0 radical (unpaired) electrons. The summed E-state index contributed by atoms with van der Waals surface area (Å²) in [6.45, 7) is 4.13. The third-order valence-electron chi connectivity index (χ3n) is 2.90. The van der Waals surface area contributed by atoms with Crippen LogP contribution < -0.4 is 0 Å². The van der Waals surface area contributed by atoms with Gasteiger partial charge in [-0.05, 0) is 12.1 Å². The first-order valence-corrected chi connectivity index (χ1v) is 7.76. The molecule has 3 aromatic rings. The zero-order chi connectivity index (χ0) is 15.0. The van der Waals surface area contributed by atoms with Crippen LogP contribution >= 0.6 is 24.0 Å². The maximum atomic E-state index is 13.4. The second-order valence-electron chi connectivity index (χ2n) is 4.84. The van der Waals surface area contributed by atoms with E-state index < -0.39 is 0 Å². The smallest absolute Gasteiger partial charge is 0.186 e. The van der Waals surface area contributed by atoms with Gasteiger partial charge in [-0.1, -0.05) is 37.8 Å². The summed E-state index contributed by atoms with van der Waals surface area (Å²) in [5.41, 5.74) is 1.24. The standard InChI is InChI=1S/C15H13FN2OS2/c1-9(2)21-15-13(18-6-5-17-8-18)14(20)11-4-3-10(16)7-12(11)19-15/h3-9H,1-2H3. The van der Waals surface area contributed by atoms with Crippen molar-refractivity contribution in [1.29, 1.82) is 0 Å². The van der Waals surface area contributed by atoms with Gasteiger partial charge in [-0.3, -0.25) is 0 Å². The molecule has 2 aromatic heterocycles. The van der Waals surface area contributed by atoms with Crippen molar-refractivity contribution >= 4 is 34.9 Å². The van der Waals surface area contributed by atoms with E-state index in [0.29, 0.717) is 20.4 Å². The highest BCUT2D eigenvalue weighted by atomic mass is 32.2. The molecule has 0 aliphatic heterocycles. The number of fused-ring (bicyclic) bond motifs is 1. The molecule has 1 aromatic carbocycles. The van der Waals surface area contributed by atoms with E-state index in [-0.39, 0.29) is 5.82 Å². The van der Waals surface area contributed by atoms with Crippen molar-refractivity contribution in [2.24, 2.45) is 0 Å². The van der Waals surface area contributed by atoms with Crippen LogP contribution in [0.25, 0.3) is 16.7 Å². The number of rotatable bonds is 3. The van der Waals surface area contributed by atoms with Gasteiger partial charge in [0, 0.05) is 29.1 Å². The van der Waals surface area contributed by atoms with Gasteiger partial charge < -0.3 is 8.98 Å². The average Bonchev–Trinajstić information content (AvgIpc) is 2.91. The van der Waals surface area contributed by atoms with Gasteiger partial charge in [-0.25, -0.2) is 9.37 Å². The Kier molecular flexibility index (Phi) is 3.82. The van der Waals surface area contributed by atoms with Crippen LogP contribution in [-0.2, 0) is 0 Å². The molecule has 0 saturated carbocycles. The number of thioether (sulfide) groups is 1. The molecule has 21 heavy (non-hydrogen) atoms. The molecule has 108 valence electrons. The summed E-state index contributed by atoms with van der Waals surface area (Å²) in [4.78, 5) is 4.06. The number of hydrogen-bond donors (Lipinski definition) is 0. The summed E-state index contributed by atoms with van der Waals surface area (Å²) in [5, 5.41) is 1.71. The van der Waals surface area contributed by atoms with Gasteiger partial charge in [0.25, 0.3) is 0 Å². The van der Waals surface area contributed by atoms with E-state index in [0.717, 1.165) is 11.1 Å². The summed E-state index contributed by atoms with van der Waals surface area (Å²) in [6.07, 6.45) is 5.19. The van der Waals surface area contributed by atoms with Crippen LogP contribution in [0.2, 0.25) is 0 Å². The van der Waals surface area contributed by atoms with Crippen LogP contribution in [0.15, 0.2) is 46.4 Å². The molecule has 0 spiro atoms. The molecule has 0 aliphatic rings. The fourth-order valence-corrected chi connectivity index (χ4v) is 3.36. The lowest BCUT2D eigenvalue weighted by molar-refractivity contribution is 0.491. The maximum absolute atomic E-state index is 13.4. The largest absolute Gasteiger partial charge is 0.447 e. The summed E-state index contributed by atoms with van der Waals surface area (Å²) < 4.78 is 21.8. The van der Waals surface area contributed by atoms with Crippen LogP contribution in [0.3, 0.4) is 0 Å². The number of imidazole rings is 1. The van der Waals surface area contributed by atoms with E-state index in [1.807, 2.05) is 10.8 Å². The van der Waals surface area contributed by atoms with Gasteiger partial charge >= 0.3 is 0 Å². The van der Waals surface area contributed by atoms with Gasteiger partial charge in [-0.2, -0.15) is 0 Å². The molecule has 3 nitrogen and oxygen atoms in total. The van der Waals surface area contributed by atoms with Gasteiger partial charge in [0.1, 0.15) is 17.1 Å². The van der Waals surface area contributed by atoms with Crippen molar-refractivity contribution in [3.8, 4) is 5.69 Å². The normalized spacial score (nSPS) is 11.4. The van der Waals surface area contributed by atoms with E-state index in [9.17, 15) is 4.39 Å². The van der Waals surface area contributed by atoms with Gasteiger partial charge in [0.05, 0.1) is 10.8 Å². The second-order valence-corrected chi connectivity index (χ2v) is 6.80. The predicted molar refractivity (Wildman–Crippen MR) is 85.1 cm³/mol. The van der Waals surface area contributed by atoms with Crippen LogP contribution in [0.4, 0.5) is 4.39 Å². The van der Waals surface area contributed by atoms with Crippen molar-refractivity contribution < 1.29 is 8.81 Å². The lowest BCUT2D eigenvalue weighted by Gasteiger charge is -2.12. The van der Waals surface area contributed by atoms with Crippen molar-refractivity contribution in [3.63, 3.8) is 0 Å². The molecule has 0 fully saturated rings. The highest BCUT2D eigenvalue weighted by Crippen LogP contribution is 2.34. The van der Waals surface area contributed by atoms with E-state index in [2.05, 4.69) is 18.8 Å². The Morgan fingerprint density at radius 1 is 1.38 bits per heavy atom. The molecule has 0 atom stereocenters. The van der Waals surface area contributed by atoms with E-state index >= 15 is 0 Å². The second kappa shape index (κ2) is 5.61. The molecular formula is C15H13FN2OS2. The van der Waals surface area contributed by atoms with Crippen molar-refractivity contribution in [1.82, 2.24) is 9.55 Å². The molecule has 0 bridgehead atoms. The highest BCUT2D eigenvalue weighted by Gasteiger charge is 2.15. The molecule has 0 unspecified atom stereocenters. The van der Waals surface area contributed by atoms with Crippen LogP contribution in [0.1, 0.15) is 13.8 Å². The Morgan fingerprint density at radius 3 is 2.86 bits per heavy atom. The monoisotopic (exact) mass is 320 g/mol. The fraction of sp³-hybridized carbons (Fsp3) is 0.200. The summed E-state index contributed by atoms with van der Waals surface area (Å²) in [5.74, 6) is -0.337. The molecule has 3 rings (SSSR count). The van der Waals surface area contributed by atoms with Crippen molar-refractivity contribution in [2.45, 2.75) is 24.2 Å². The first-order valence-electron chi connectivity index (χ1n) is 6.47. The number of aromatic nitrogens is 2. The molecule has 6 heteroatoms. The van der Waals surface area contributed by atoms with Gasteiger partial charge in [-0.15, -0.1) is 0 Å². The molecule has 0 N–H and O–H groups in total. The van der Waals surface area contributed by atoms with Crippen molar-refractivity contribution in [2.75, 3.05) is 0 Å². The molecule has 2 heterocycles. The number of nitrogens with zero attached hydrogens (tertiary/aromatic N) is 2. The molecule has 0 amide bonds. The average molecular weight is 320 g/mol. The van der Waals surface area contributed by atoms with Crippen LogP contribution in [-0.4, -0.2) is 14.8 Å². The van der Waals surface area contributed by atoms with Crippen LogP contribution in [0.5, 0.6) is 0 Å². The topological polar surface area (TPSA) is 31.0 Å². The quantitative estimate of drug-likeness (QED) is 0.502. The Hall–Kier alpha value is -1.66. The van der Waals surface area contributed by atoms with Crippen LogP contribution in [0, 0.1) is 10.3 Å². The molecular weight excluding hydrogens is 307 g/mol. The van der Waals surface area contributed by atoms with E-state index in [4.69, 9.17) is 16.6 Å². The Bertz CT molecular complexity index is 841. The third-order valence-corrected chi connectivity index (χ3v) is 4.28. The SMILES string of the molecule is CC(C)Sc1oc2cc(F)ccc2c(=S)c1-n1ccnc1. The zero-order valence-electron chi connectivity index (χ0n) is 11.5. The lowest BCUT2D eigenvalue weighted by Crippen LogP contribution is -1.98. The molecule has 0 aliphatic carbocycles. The Morgan fingerprint density at radius 2 is 2.19 bits per heavy atom. The summed E-state index contributed by atoms with van der Waals surface area (Å²) in [7, 11) is 0. The Balaban J connectivity index is 2.35. The number of benzene rings is 1. The predicted octanol–water partition coefficient (Wildman–Crippen LogP) is 4.99. The highest BCUT2D eigenvalue weighted by molar-refractivity contribution is 7.99. The fourth-order valence-electron chi connectivity index (χ4n) is 2.04. The minimum absolute atomic E-state index is 0.316. The Labute approximate surface area is 130 Å². The van der Waals surface area contributed by atoms with Crippen molar-refractivity contribution in [3.05, 3.63) is 47.2 Å². The summed E-state index contributed by atoms with van der Waals surface area (Å²) >= 11 is 7.13. The minimum atomic E-state index is -0.337. The summed E-state index contributed by atoms with van der Waals surface area (Å²) in [6, 6.07) is 4.41. The molecule has 0 saturated heterocycles. The number of hydrogen-bond acceptors (Lipinski definition) is 4. The maximum Gasteiger partial charge on any atom is 0.186 e. The van der Waals surface area contributed by atoms with Gasteiger partial charge in [0.15, 0.2) is 5.09 Å². The van der Waals surface area contributed by atoms with E-state index in [1.54, 1.807) is 30.4 Å². The minimum Gasteiger partial charge on any atom is -0.447 e. The first-order chi connectivity index (χ1) is 10.1. The van der Waals surface area contributed by atoms with Gasteiger partial charge in [0.2, 0.25) is 0 Å².